The van der Waals surface area contributed by atoms with E-state index >= 15 is 0 Å². The molecule has 0 radical (unpaired) electrons. The molecular formula is C31H40N2O2. The van der Waals surface area contributed by atoms with E-state index in [1.165, 1.54) is 11.1 Å². The van der Waals surface area contributed by atoms with Gasteiger partial charge in [-0.3, -0.25) is 0 Å². The summed E-state index contributed by atoms with van der Waals surface area (Å²) in [4.78, 5) is 11.9. The lowest BCUT2D eigenvalue weighted by Crippen LogP contribution is -2.34. The fourth-order valence-corrected chi connectivity index (χ4v) is 4.20. The summed E-state index contributed by atoms with van der Waals surface area (Å²) in [6.07, 6.45) is 6.13. The number of carbonyl (C=O) groups is 1. The van der Waals surface area contributed by atoms with Crippen molar-refractivity contribution in [1.29, 1.82) is 0 Å². The van der Waals surface area contributed by atoms with Crippen LogP contribution < -0.4 is 10.6 Å². The van der Waals surface area contributed by atoms with Gasteiger partial charge in [-0.2, -0.15) is 0 Å². The minimum Gasteiger partial charge on any atom is -0.445 e. The Balaban J connectivity index is 1.33. The number of alkyl carbamates (subject to hydrolysis) is 1. The molecule has 0 heterocycles. The van der Waals surface area contributed by atoms with E-state index in [2.05, 4.69) is 78.2 Å². The average molecular weight is 473 g/mol. The smallest absolute Gasteiger partial charge is 0.407 e. The van der Waals surface area contributed by atoms with Crippen LogP contribution in [0.3, 0.4) is 0 Å². The number of hydrogen-bond donors (Lipinski definition) is 2. The Kier molecular flexibility index (Phi) is 11.9. The van der Waals surface area contributed by atoms with E-state index in [1.807, 2.05) is 30.3 Å². The Morgan fingerprint density at radius 1 is 0.743 bits per heavy atom. The molecule has 0 saturated carbocycles. The van der Waals surface area contributed by atoms with Gasteiger partial charge in [0.05, 0.1) is 0 Å². The summed E-state index contributed by atoms with van der Waals surface area (Å²) < 4.78 is 5.28. The second-order valence-electron chi connectivity index (χ2n) is 9.39. The fourth-order valence-electron chi connectivity index (χ4n) is 4.20. The van der Waals surface area contributed by atoms with Gasteiger partial charge in [-0.25, -0.2) is 4.79 Å². The maximum absolute atomic E-state index is 11.9. The first-order valence-electron chi connectivity index (χ1n) is 12.9. The Morgan fingerprint density at radius 3 is 1.80 bits per heavy atom. The van der Waals surface area contributed by atoms with Crippen molar-refractivity contribution in [2.45, 2.75) is 58.1 Å². The van der Waals surface area contributed by atoms with Gasteiger partial charge >= 0.3 is 6.09 Å². The van der Waals surface area contributed by atoms with Gasteiger partial charge in [0.2, 0.25) is 0 Å². The number of aryl methyl sites for hydroxylation is 2. The number of carbonyl (C=O) groups excluding carboxylic acids is 1. The lowest BCUT2D eigenvalue weighted by atomic mass is 9.98. The van der Waals surface area contributed by atoms with Crippen LogP contribution in [0.15, 0.2) is 91.0 Å². The van der Waals surface area contributed by atoms with E-state index in [0.717, 1.165) is 50.6 Å². The lowest BCUT2D eigenvalue weighted by molar-refractivity contribution is 0.139. The highest BCUT2D eigenvalue weighted by atomic mass is 16.5. The maximum atomic E-state index is 11.9. The Bertz CT molecular complexity index is 904. The highest BCUT2D eigenvalue weighted by Crippen LogP contribution is 2.13. The normalized spacial score (nSPS) is 11.8. The van der Waals surface area contributed by atoms with Crippen LogP contribution in [0.25, 0.3) is 0 Å². The highest BCUT2D eigenvalue weighted by molar-refractivity contribution is 5.67. The largest absolute Gasteiger partial charge is 0.445 e. The minimum atomic E-state index is -0.346. The maximum Gasteiger partial charge on any atom is 0.407 e. The number of hydrogen-bond acceptors (Lipinski definition) is 3. The quantitative estimate of drug-likeness (QED) is 0.247. The van der Waals surface area contributed by atoms with Crippen molar-refractivity contribution in [1.82, 2.24) is 10.6 Å². The molecule has 3 rings (SSSR count). The van der Waals surface area contributed by atoms with Crippen LogP contribution in [0.1, 0.15) is 49.3 Å². The molecule has 3 aromatic rings. The van der Waals surface area contributed by atoms with Gasteiger partial charge in [-0.15, -0.1) is 0 Å². The van der Waals surface area contributed by atoms with E-state index in [4.69, 9.17) is 4.74 Å². The van der Waals surface area contributed by atoms with E-state index in [-0.39, 0.29) is 6.09 Å². The second kappa shape index (κ2) is 15.7. The lowest BCUT2D eigenvalue weighted by Gasteiger charge is -2.22. The van der Waals surface area contributed by atoms with Gasteiger partial charge in [0.15, 0.2) is 0 Å². The first kappa shape index (κ1) is 26.5. The second-order valence-corrected chi connectivity index (χ2v) is 9.39. The first-order valence-corrected chi connectivity index (χ1v) is 12.9. The molecule has 0 aromatic heterocycles. The van der Waals surface area contributed by atoms with Crippen molar-refractivity contribution < 1.29 is 9.53 Å². The van der Waals surface area contributed by atoms with Gasteiger partial charge in [0.1, 0.15) is 6.61 Å². The zero-order chi connectivity index (χ0) is 24.6. The Hall–Kier alpha value is -3.11. The van der Waals surface area contributed by atoms with E-state index < -0.39 is 0 Å². The number of amides is 1. The van der Waals surface area contributed by atoms with Crippen molar-refractivity contribution >= 4 is 6.09 Å². The highest BCUT2D eigenvalue weighted by Gasteiger charge is 2.12. The predicted molar refractivity (Wildman–Crippen MR) is 144 cm³/mol. The van der Waals surface area contributed by atoms with Gasteiger partial charge in [-0.1, -0.05) is 97.9 Å². The molecule has 3 aromatic carbocycles. The van der Waals surface area contributed by atoms with Crippen molar-refractivity contribution in [2.75, 3.05) is 13.1 Å². The molecule has 1 atom stereocenters. The SMILES string of the molecule is C[C@@H](CCCNC(=O)OCc1ccccc1)CNC(CCc1ccccc1)CCc1ccccc1. The molecule has 186 valence electrons. The summed E-state index contributed by atoms with van der Waals surface area (Å²) in [7, 11) is 0. The molecule has 0 spiro atoms. The van der Waals surface area contributed by atoms with Crippen molar-refractivity contribution in [3.63, 3.8) is 0 Å². The van der Waals surface area contributed by atoms with Gasteiger partial charge in [-0.05, 0) is 67.7 Å². The molecule has 0 aliphatic heterocycles. The van der Waals surface area contributed by atoms with E-state index in [9.17, 15) is 4.79 Å². The van der Waals surface area contributed by atoms with Crippen LogP contribution in [0.4, 0.5) is 4.79 Å². The molecule has 0 bridgehead atoms. The monoisotopic (exact) mass is 472 g/mol. The van der Waals surface area contributed by atoms with Crippen LogP contribution in [-0.2, 0) is 24.2 Å². The van der Waals surface area contributed by atoms with E-state index in [0.29, 0.717) is 25.1 Å². The minimum absolute atomic E-state index is 0.306. The van der Waals surface area contributed by atoms with E-state index in [1.54, 1.807) is 0 Å². The van der Waals surface area contributed by atoms with Crippen LogP contribution in [0.5, 0.6) is 0 Å². The van der Waals surface area contributed by atoms with Crippen LogP contribution in [-0.4, -0.2) is 25.2 Å². The summed E-state index contributed by atoms with van der Waals surface area (Å²) >= 11 is 0. The standard InChI is InChI=1S/C31H40N2O2/c1-26(12-11-23-32-31(34)35-25-29-17-9-4-10-18-29)24-33-30(21-19-27-13-5-2-6-14-27)22-20-28-15-7-3-8-16-28/h2-10,13-18,26,30,33H,11-12,19-25H2,1H3,(H,32,34)/t26-/m0/s1. The summed E-state index contributed by atoms with van der Waals surface area (Å²) in [6.45, 7) is 4.22. The summed E-state index contributed by atoms with van der Waals surface area (Å²) in [5.41, 5.74) is 3.80. The molecule has 0 unspecified atom stereocenters. The molecule has 1 amide bonds. The van der Waals surface area contributed by atoms with Gasteiger partial charge in [0, 0.05) is 12.6 Å². The predicted octanol–water partition coefficient (Wildman–Crippen LogP) is 6.55. The molecule has 4 heteroatoms. The zero-order valence-electron chi connectivity index (χ0n) is 21.0. The van der Waals surface area contributed by atoms with Crippen molar-refractivity contribution in [3.8, 4) is 0 Å². The molecule has 0 fully saturated rings. The molecule has 35 heavy (non-hydrogen) atoms. The van der Waals surface area contributed by atoms with Crippen molar-refractivity contribution in [2.24, 2.45) is 5.92 Å². The van der Waals surface area contributed by atoms with Gasteiger partial charge in [0.25, 0.3) is 0 Å². The third-order valence-electron chi connectivity index (χ3n) is 6.36. The van der Waals surface area contributed by atoms with Gasteiger partial charge < -0.3 is 15.4 Å². The third-order valence-corrected chi connectivity index (χ3v) is 6.36. The molecule has 0 aliphatic rings. The summed E-state index contributed by atoms with van der Waals surface area (Å²) in [5, 5.41) is 6.70. The third kappa shape index (κ3) is 11.2. The molecular weight excluding hydrogens is 432 g/mol. The first-order chi connectivity index (χ1) is 17.2. The van der Waals surface area contributed by atoms with Crippen molar-refractivity contribution in [3.05, 3.63) is 108 Å². The molecule has 2 N–H and O–H groups in total. The molecule has 4 nitrogen and oxygen atoms in total. The molecule has 0 aliphatic carbocycles. The number of rotatable bonds is 15. The fraction of sp³-hybridized carbons (Fsp3) is 0.387. The number of nitrogens with one attached hydrogen (secondary N) is 2. The Labute approximate surface area is 211 Å². The number of ether oxygens (including phenoxy) is 1. The summed E-state index contributed by atoms with van der Waals surface area (Å²) in [6, 6.07) is 31.7. The number of benzene rings is 3. The zero-order valence-corrected chi connectivity index (χ0v) is 21.0. The van der Waals surface area contributed by atoms with Crippen LogP contribution in [0, 0.1) is 5.92 Å². The van der Waals surface area contributed by atoms with Crippen LogP contribution >= 0.6 is 0 Å². The Morgan fingerprint density at radius 2 is 1.26 bits per heavy atom. The summed E-state index contributed by atoms with van der Waals surface area (Å²) in [5.74, 6) is 0.549. The average Bonchev–Trinajstić information content (AvgIpc) is 2.91. The topological polar surface area (TPSA) is 50.4 Å². The molecule has 0 saturated heterocycles. The van der Waals surface area contributed by atoms with Crippen LogP contribution in [0.2, 0.25) is 0 Å².